The van der Waals surface area contributed by atoms with Gasteiger partial charge in [0.1, 0.15) is 11.5 Å². The standard InChI is InChI=1S/C18H17ClN2O6/c1-9-6-13(23)8-14(24)15(9)17(25)20-21-18(26)16(27-10(2)22)11-4-3-5-12(19)7-11/h3-8,16,23-24H,1-2H3,(H,20,25)(H,21,26). The minimum absolute atomic E-state index is 0.125. The molecule has 4 N–H and O–H groups in total. The Kier molecular flexibility index (Phi) is 6.25. The molecule has 0 fully saturated rings. The van der Waals surface area contributed by atoms with E-state index >= 15 is 0 Å². The molecule has 2 amide bonds. The van der Waals surface area contributed by atoms with Crippen molar-refractivity contribution in [2.45, 2.75) is 20.0 Å². The number of rotatable bonds is 4. The number of esters is 1. The third-order valence-corrected chi connectivity index (χ3v) is 3.73. The molecule has 0 aliphatic rings. The molecule has 27 heavy (non-hydrogen) atoms. The van der Waals surface area contributed by atoms with Gasteiger partial charge in [0.25, 0.3) is 11.8 Å². The fourth-order valence-electron chi connectivity index (χ4n) is 2.40. The average molecular weight is 393 g/mol. The molecule has 2 aromatic carbocycles. The molecule has 0 saturated carbocycles. The molecule has 0 radical (unpaired) electrons. The zero-order valence-corrected chi connectivity index (χ0v) is 15.2. The number of benzene rings is 2. The zero-order valence-electron chi connectivity index (χ0n) is 14.4. The van der Waals surface area contributed by atoms with Crippen molar-refractivity contribution < 1.29 is 29.3 Å². The minimum atomic E-state index is -1.34. The van der Waals surface area contributed by atoms with Crippen molar-refractivity contribution in [2.75, 3.05) is 0 Å². The van der Waals surface area contributed by atoms with Gasteiger partial charge in [-0.25, -0.2) is 0 Å². The highest BCUT2D eigenvalue weighted by atomic mass is 35.5. The lowest BCUT2D eigenvalue weighted by atomic mass is 10.1. The van der Waals surface area contributed by atoms with E-state index in [1.54, 1.807) is 12.1 Å². The Labute approximate surface area is 159 Å². The third-order valence-electron chi connectivity index (χ3n) is 3.50. The number of aromatic hydroxyl groups is 2. The molecule has 1 unspecified atom stereocenters. The monoisotopic (exact) mass is 392 g/mol. The summed E-state index contributed by atoms with van der Waals surface area (Å²) in [5, 5.41) is 19.6. The number of phenols is 2. The van der Waals surface area contributed by atoms with Gasteiger partial charge in [0, 0.05) is 23.6 Å². The van der Waals surface area contributed by atoms with Gasteiger partial charge in [-0.05, 0) is 30.7 Å². The second-order valence-electron chi connectivity index (χ2n) is 5.64. The van der Waals surface area contributed by atoms with Gasteiger partial charge in [0.15, 0.2) is 0 Å². The highest BCUT2D eigenvalue weighted by molar-refractivity contribution is 6.30. The fourth-order valence-corrected chi connectivity index (χ4v) is 2.60. The van der Waals surface area contributed by atoms with Crippen molar-refractivity contribution in [3.63, 3.8) is 0 Å². The number of halogens is 1. The Morgan fingerprint density at radius 1 is 1.11 bits per heavy atom. The van der Waals surface area contributed by atoms with Crippen LogP contribution in [0.4, 0.5) is 0 Å². The number of hydrogen-bond donors (Lipinski definition) is 4. The molecule has 0 aromatic heterocycles. The Balaban J connectivity index is 2.16. The van der Waals surface area contributed by atoms with E-state index < -0.39 is 29.6 Å². The summed E-state index contributed by atoms with van der Waals surface area (Å²) in [7, 11) is 0. The molecule has 142 valence electrons. The molecule has 9 heteroatoms. The maximum absolute atomic E-state index is 12.4. The summed E-state index contributed by atoms with van der Waals surface area (Å²) in [5.74, 6) is -3.00. The molecule has 1 atom stereocenters. The van der Waals surface area contributed by atoms with Gasteiger partial charge in [-0.3, -0.25) is 25.2 Å². The van der Waals surface area contributed by atoms with E-state index in [1.807, 2.05) is 0 Å². The van der Waals surface area contributed by atoms with E-state index in [-0.39, 0.29) is 11.3 Å². The van der Waals surface area contributed by atoms with Crippen LogP contribution in [0.5, 0.6) is 11.5 Å². The Hall–Kier alpha value is -3.26. The van der Waals surface area contributed by atoms with Crippen LogP contribution in [0.25, 0.3) is 0 Å². The number of nitrogens with one attached hydrogen (secondary N) is 2. The van der Waals surface area contributed by atoms with E-state index in [2.05, 4.69) is 10.9 Å². The molecule has 0 heterocycles. The first-order valence-electron chi connectivity index (χ1n) is 7.74. The van der Waals surface area contributed by atoms with Crippen LogP contribution < -0.4 is 10.9 Å². The number of amides is 2. The van der Waals surface area contributed by atoms with E-state index in [9.17, 15) is 24.6 Å². The van der Waals surface area contributed by atoms with E-state index in [0.29, 0.717) is 16.1 Å². The Morgan fingerprint density at radius 2 is 1.81 bits per heavy atom. The molecule has 0 aliphatic carbocycles. The van der Waals surface area contributed by atoms with E-state index in [1.165, 1.54) is 25.1 Å². The summed E-state index contributed by atoms with van der Waals surface area (Å²) >= 11 is 5.90. The van der Waals surface area contributed by atoms with Crippen LogP contribution in [0.2, 0.25) is 5.02 Å². The van der Waals surface area contributed by atoms with Crippen molar-refractivity contribution in [1.82, 2.24) is 10.9 Å². The largest absolute Gasteiger partial charge is 0.508 e. The van der Waals surface area contributed by atoms with Crippen LogP contribution in [-0.4, -0.2) is 28.0 Å². The topological polar surface area (TPSA) is 125 Å². The van der Waals surface area contributed by atoms with Crippen molar-refractivity contribution >= 4 is 29.4 Å². The molecule has 8 nitrogen and oxygen atoms in total. The Morgan fingerprint density at radius 3 is 2.41 bits per heavy atom. The van der Waals surface area contributed by atoms with E-state index in [0.717, 1.165) is 13.0 Å². The third kappa shape index (κ3) is 5.11. The number of hydrogen-bond acceptors (Lipinski definition) is 6. The highest BCUT2D eigenvalue weighted by Crippen LogP contribution is 2.26. The number of phenolic OH excluding ortho intramolecular Hbond substituents is 2. The first-order valence-corrected chi connectivity index (χ1v) is 8.12. The van der Waals surface area contributed by atoms with Gasteiger partial charge in [-0.1, -0.05) is 23.7 Å². The number of carbonyl (C=O) groups is 3. The lowest BCUT2D eigenvalue weighted by Gasteiger charge is -2.18. The second kappa shape index (κ2) is 8.41. The summed E-state index contributed by atoms with van der Waals surface area (Å²) in [4.78, 5) is 36.0. The molecule has 0 aliphatic heterocycles. The lowest BCUT2D eigenvalue weighted by molar-refractivity contribution is -0.154. The Bertz CT molecular complexity index is 876. The fraction of sp³-hybridized carbons (Fsp3) is 0.167. The van der Waals surface area contributed by atoms with Gasteiger partial charge in [-0.2, -0.15) is 0 Å². The molecular formula is C18H17ClN2O6. The van der Waals surface area contributed by atoms with E-state index in [4.69, 9.17) is 16.3 Å². The van der Waals surface area contributed by atoms with Crippen molar-refractivity contribution in [3.8, 4) is 11.5 Å². The molecule has 2 aromatic rings. The summed E-state index contributed by atoms with van der Waals surface area (Å²) in [6.07, 6.45) is -1.34. The van der Waals surface area contributed by atoms with Crippen LogP contribution in [0.3, 0.4) is 0 Å². The molecular weight excluding hydrogens is 376 g/mol. The highest BCUT2D eigenvalue weighted by Gasteiger charge is 2.25. The predicted molar refractivity (Wildman–Crippen MR) is 96.1 cm³/mol. The normalized spacial score (nSPS) is 11.4. The van der Waals surface area contributed by atoms with Crippen LogP contribution in [0.1, 0.15) is 34.5 Å². The molecule has 0 saturated heterocycles. The van der Waals surface area contributed by atoms with Gasteiger partial charge in [0.2, 0.25) is 6.10 Å². The first kappa shape index (κ1) is 20.1. The second-order valence-corrected chi connectivity index (χ2v) is 6.08. The van der Waals surface area contributed by atoms with Crippen LogP contribution in [0.15, 0.2) is 36.4 Å². The molecule has 2 rings (SSSR count). The van der Waals surface area contributed by atoms with Crippen LogP contribution in [-0.2, 0) is 14.3 Å². The van der Waals surface area contributed by atoms with Gasteiger partial charge in [-0.15, -0.1) is 0 Å². The predicted octanol–water partition coefficient (Wildman–Crippen LogP) is 2.13. The number of carbonyl (C=O) groups excluding carboxylic acids is 3. The summed E-state index contributed by atoms with van der Waals surface area (Å²) < 4.78 is 5.01. The maximum atomic E-state index is 12.4. The number of ether oxygens (including phenoxy) is 1. The van der Waals surface area contributed by atoms with Crippen molar-refractivity contribution in [3.05, 3.63) is 58.1 Å². The molecule has 0 bridgehead atoms. The van der Waals surface area contributed by atoms with Gasteiger partial charge < -0.3 is 14.9 Å². The summed E-state index contributed by atoms with van der Waals surface area (Å²) in [5.41, 5.74) is 4.76. The SMILES string of the molecule is CC(=O)OC(C(=O)NNC(=O)c1c(C)cc(O)cc1O)c1cccc(Cl)c1. The summed E-state index contributed by atoms with van der Waals surface area (Å²) in [6.45, 7) is 2.64. The van der Waals surface area contributed by atoms with Crippen LogP contribution >= 0.6 is 11.6 Å². The maximum Gasteiger partial charge on any atom is 0.303 e. The lowest BCUT2D eigenvalue weighted by Crippen LogP contribution is -2.45. The van der Waals surface area contributed by atoms with Crippen molar-refractivity contribution in [2.24, 2.45) is 0 Å². The summed E-state index contributed by atoms with van der Waals surface area (Å²) in [6, 6.07) is 8.44. The smallest absolute Gasteiger partial charge is 0.303 e. The van der Waals surface area contributed by atoms with Gasteiger partial charge >= 0.3 is 5.97 Å². The number of hydrazine groups is 1. The van der Waals surface area contributed by atoms with Crippen LogP contribution in [0, 0.1) is 6.92 Å². The van der Waals surface area contributed by atoms with Crippen molar-refractivity contribution in [1.29, 1.82) is 0 Å². The minimum Gasteiger partial charge on any atom is -0.508 e. The van der Waals surface area contributed by atoms with Gasteiger partial charge in [0.05, 0.1) is 5.56 Å². The quantitative estimate of drug-likeness (QED) is 0.466. The molecule has 0 spiro atoms. The zero-order chi connectivity index (χ0) is 20.1. The average Bonchev–Trinajstić information content (AvgIpc) is 2.56. The first-order chi connectivity index (χ1) is 12.7. The number of aryl methyl sites for hydroxylation is 1.